The van der Waals surface area contributed by atoms with Gasteiger partial charge in [-0.3, -0.25) is 9.78 Å². The third-order valence-electron chi connectivity index (χ3n) is 4.09. The van der Waals surface area contributed by atoms with E-state index in [4.69, 9.17) is 4.74 Å². The van der Waals surface area contributed by atoms with Crippen LogP contribution in [-0.4, -0.2) is 38.2 Å². The van der Waals surface area contributed by atoms with Crippen molar-refractivity contribution in [3.8, 4) is 11.4 Å². The number of ether oxygens (including phenoxy) is 1. The van der Waals surface area contributed by atoms with Gasteiger partial charge in [-0.2, -0.15) is 0 Å². The summed E-state index contributed by atoms with van der Waals surface area (Å²) in [5.41, 5.74) is 3.19. The van der Waals surface area contributed by atoms with Crippen molar-refractivity contribution in [1.29, 1.82) is 0 Å². The first-order valence-corrected chi connectivity index (χ1v) is 8.27. The maximum Gasteiger partial charge on any atom is 0.228 e. The first kappa shape index (κ1) is 16.6. The zero-order valence-electron chi connectivity index (χ0n) is 14.5. The molecule has 0 fully saturated rings. The van der Waals surface area contributed by atoms with Gasteiger partial charge in [-0.25, -0.2) is 4.68 Å². The average Bonchev–Trinajstić information content (AvgIpc) is 3.23. The number of aromatic nitrogens is 5. The Bertz CT molecular complexity index is 1080. The molecule has 0 bridgehead atoms. The molecule has 1 N–H and O–H groups in total. The minimum atomic E-state index is -0.111. The molecule has 1 amide bonds. The molecule has 27 heavy (non-hydrogen) atoms. The minimum absolute atomic E-state index is 0.111. The lowest BCUT2D eigenvalue weighted by Crippen LogP contribution is -2.14. The van der Waals surface area contributed by atoms with E-state index in [-0.39, 0.29) is 12.3 Å². The number of amides is 1. The number of benzene rings is 2. The number of hydrogen-bond donors (Lipinski definition) is 1. The summed E-state index contributed by atoms with van der Waals surface area (Å²) in [5.74, 6) is 0.636. The van der Waals surface area contributed by atoms with Crippen LogP contribution in [0.5, 0.6) is 5.75 Å². The first-order chi connectivity index (χ1) is 13.2. The summed E-state index contributed by atoms with van der Waals surface area (Å²) in [6.45, 7) is 0. The normalized spacial score (nSPS) is 10.7. The molecule has 0 saturated heterocycles. The second-order valence-corrected chi connectivity index (χ2v) is 5.93. The van der Waals surface area contributed by atoms with Crippen LogP contribution >= 0.6 is 0 Å². The first-order valence-electron chi connectivity index (χ1n) is 8.27. The van der Waals surface area contributed by atoms with Crippen molar-refractivity contribution in [1.82, 2.24) is 25.2 Å². The molecule has 0 atom stereocenters. The van der Waals surface area contributed by atoms with Gasteiger partial charge in [0.2, 0.25) is 5.91 Å². The fourth-order valence-corrected chi connectivity index (χ4v) is 2.73. The second-order valence-electron chi connectivity index (χ2n) is 5.93. The topological polar surface area (TPSA) is 94.8 Å². The standard InChI is InChI=1S/C19H16N6O2/c1-27-17-7-4-14-9-15(11-20-18(14)10-17)22-19(26)8-13-2-5-16(6-3-13)25-12-21-23-24-25/h2-7,9-12H,8H2,1H3,(H,22,26). The summed E-state index contributed by atoms with van der Waals surface area (Å²) in [6, 6.07) is 15.0. The van der Waals surface area contributed by atoms with Crippen LogP contribution in [0.2, 0.25) is 0 Å². The molecule has 0 unspecified atom stereocenters. The van der Waals surface area contributed by atoms with Gasteiger partial charge in [-0.15, -0.1) is 5.10 Å². The number of nitrogens with zero attached hydrogens (tertiary/aromatic N) is 5. The summed E-state index contributed by atoms with van der Waals surface area (Å²) in [4.78, 5) is 16.7. The van der Waals surface area contributed by atoms with E-state index in [2.05, 4.69) is 25.8 Å². The van der Waals surface area contributed by atoms with E-state index in [1.165, 1.54) is 6.33 Å². The van der Waals surface area contributed by atoms with Gasteiger partial charge >= 0.3 is 0 Å². The Hall–Kier alpha value is -3.81. The van der Waals surface area contributed by atoms with Crippen molar-refractivity contribution in [2.75, 3.05) is 12.4 Å². The number of pyridine rings is 1. The fourth-order valence-electron chi connectivity index (χ4n) is 2.73. The molecule has 2 heterocycles. The van der Waals surface area contributed by atoms with Crippen LogP contribution in [0.4, 0.5) is 5.69 Å². The van der Waals surface area contributed by atoms with Crippen molar-refractivity contribution in [3.63, 3.8) is 0 Å². The maximum absolute atomic E-state index is 12.3. The van der Waals surface area contributed by atoms with Crippen LogP contribution in [0.3, 0.4) is 0 Å². The zero-order valence-corrected chi connectivity index (χ0v) is 14.5. The molecule has 134 valence electrons. The Balaban J connectivity index is 1.43. The van der Waals surface area contributed by atoms with E-state index in [1.54, 1.807) is 18.0 Å². The lowest BCUT2D eigenvalue weighted by Gasteiger charge is -2.08. The van der Waals surface area contributed by atoms with Crippen LogP contribution in [-0.2, 0) is 11.2 Å². The highest BCUT2D eigenvalue weighted by molar-refractivity contribution is 5.94. The molecule has 4 rings (SSSR count). The van der Waals surface area contributed by atoms with Crippen molar-refractivity contribution in [2.45, 2.75) is 6.42 Å². The monoisotopic (exact) mass is 360 g/mol. The van der Waals surface area contributed by atoms with Gasteiger partial charge in [-0.05, 0) is 46.3 Å². The number of hydrogen-bond acceptors (Lipinski definition) is 6. The zero-order chi connectivity index (χ0) is 18.6. The molecule has 0 aliphatic heterocycles. The number of anilines is 1. The second kappa shape index (κ2) is 7.20. The van der Waals surface area contributed by atoms with Gasteiger partial charge < -0.3 is 10.1 Å². The quantitative estimate of drug-likeness (QED) is 0.587. The smallest absolute Gasteiger partial charge is 0.228 e. The molecule has 2 aromatic carbocycles. The molecule has 8 heteroatoms. The number of rotatable bonds is 5. The van der Waals surface area contributed by atoms with Gasteiger partial charge in [0.25, 0.3) is 0 Å². The number of methoxy groups -OCH3 is 1. The molecule has 0 saturated carbocycles. The summed E-state index contributed by atoms with van der Waals surface area (Å²) < 4.78 is 6.75. The van der Waals surface area contributed by atoms with E-state index in [0.29, 0.717) is 5.69 Å². The molecule has 0 aliphatic carbocycles. The summed E-state index contributed by atoms with van der Waals surface area (Å²) >= 11 is 0. The predicted octanol–water partition coefficient (Wildman–Crippen LogP) is 2.40. The van der Waals surface area contributed by atoms with Crippen molar-refractivity contribution in [2.24, 2.45) is 0 Å². The van der Waals surface area contributed by atoms with Crippen molar-refractivity contribution < 1.29 is 9.53 Å². The van der Waals surface area contributed by atoms with Gasteiger partial charge in [-0.1, -0.05) is 12.1 Å². The summed E-state index contributed by atoms with van der Waals surface area (Å²) in [5, 5.41) is 14.8. The number of tetrazole rings is 1. The van der Waals surface area contributed by atoms with E-state index in [9.17, 15) is 4.79 Å². The molecular formula is C19H16N6O2. The Morgan fingerprint density at radius 2 is 2.00 bits per heavy atom. The molecule has 8 nitrogen and oxygen atoms in total. The highest BCUT2D eigenvalue weighted by atomic mass is 16.5. The number of nitrogens with one attached hydrogen (secondary N) is 1. The van der Waals surface area contributed by atoms with Crippen molar-refractivity contribution >= 4 is 22.5 Å². The molecule has 2 aromatic heterocycles. The molecule has 0 aliphatic rings. The van der Waals surface area contributed by atoms with Crippen LogP contribution in [0.15, 0.2) is 61.1 Å². The highest BCUT2D eigenvalue weighted by Crippen LogP contribution is 2.21. The van der Waals surface area contributed by atoms with E-state index >= 15 is 0 Å². The Kier molecular flexibility index (Phi) is 4.44. The minimum Gasteiger partial charge on any atom is -0.497 e. The Morgan fingerprint density at radius 3 is 2.74 bits per heavy atom. The lowest BCUT2D eigenvalue weighted by molar-refractivity contribution is -0.115. The predicted molar refractivity (Wildman–Crippen MR) is 99.8 cm³/mol. The largest absolute Gasteiger partial charge is 0.497 e. The van der Waals surface area contributed by atoms with Gasteiger partial charge in [0.1, 0.15) is 12.1 Å². The molecule has 0 spiro atoms. The van der Waals surface area contributed by atoms with Crippen LogP contribution in [0, 0.1) is 0 Å². The number of carbonyl (C=O) groups excluding carboxylic acids is 1. The number of fused-ring (bicyclic) bond motifs is 1. The molecular weight excluding hydrogens is 344 g/mol. The van der Waals surface area contributed by atoms with Crippen LogP contribution < -0.4 is 10.1 Å². The van der Waals surface area contributed by atoms with E-state index in [1.807, 2.05) is 48.5 Å². The Labute approximate surface area is 154 Å². The average molecular weight is 360 g/mol. The number of carbonyl (C=O) groups is 1. The van der Waals surface area contributed by atoms with Crippen LogP contribution in [0.1, 0.15) is 5.56 Å². The van der Waals surface area contributed by atoms with Gasteiger partial charge in [0.15, 0.2) is 0 Å². The SMILES string of the molecule is COc1ccc2cc(NC(=O)Cc3ccc(-n4cnnn4)cc3)cnc2c1. The molecule has 4 aromatic rings. The van der Waals surface area contributed by atoms with Gasteiger partial charge in [0, 0.05) is 11.5 Å². The molecule has 0 radical (unpaired) electrons. The Morgan fingerprint density at radius 1 is 1.15 bits per heavy atom. The van der Waals surface area contributed by atoms with Gasteiger partial charge in [0.05, 0.1) is 36.6 Å². The van der Waals surface area contributed by atoms with Crippen LogP contribution in [0.25, 0.3) is 16.6 Å². The summed E-state index contributed by atoms with van der Waals surface area (Å²) in [7, 11) is 1.62. The third kappa shape index (κ3) is 3.74. The third-order valence-corrected chi connectivity index (χ3v) is 4.09. The summed E-state index contributed by atoms with van der Waals surface area (Å²) in [6.07, 6.45) is 3.42. The van der Waals surface area contributed by atoms with E-state index < -0.39 is 0 Å². The van der Waals surface area contributed by atoms with E-state index in [0.717, 1.165) is 27.9 Å². The lowest BCUT2D eigenvalue weighted by atomic mass is 10.1. The maximum atomic E-state index is 12.3. The highest BCUT2D eigenvalue weighted by Gasteiger charge is 2.07. The van der Waals surface area contributed by atoms with Crippen molar-refractivity contribution in [3.05, 3.63) is 66.6 Å². The fraction of sp³-hybridized carbons (Fsp3) is 0.105.